The first-order valence-corrected chi connectivity index (χ1v) is 11.2. The van der Waals surface area contributed by atoms with Crippen LogP contribution in [-0.2, 0) is 6.54 Å². The van der Waals surface area contributed by atoms with E-state index in [-0.39, 0.29) is 0 Å². The standard InChI is InChI=1S/C27H25N5/c1-2-8-22(9-3-1)27-25-18-21(20-32(25)24-11-5-4-10-23(24)29-27)19-30-14-16-31(17-15-30)26-12-6-7-13-28-26/h1-13,18,20H,14-17,19H2. The van der Waals surface area contributed by atoms with Gasteiger partial charge in [0.15, 0.2) is 0 Å². The van der Waals surface area contributed by atoms with Crippen LogP contribution in [0.25, 0.3) is 27.8 Å². The number of aromatic nitrogens is 3. The van der Waals surface area contributed by atoms with E-state index in [4.69, 9.17) is 4.98 Å². The fourth-order valence-electron chi connectivity index (χ4n) is 4.67. The number of hydrogen-bond donors (Lipinski definition) is 0. The molecule has 1 saturated heterocycles. The molecule has 0 N–H and O–H groups in total. The highest BCUT2D eigenvalue weighted by atomic mass is 15.3. The fourth-order valence-corrected chi connectivity index (χ4v) is 4.67. The Morgan fingerprint density at radius 3 is 2.34 bits per heavy atom. The summed E-state index contributed by atoms with van der Waals surface area (Å²) >= 11 is 0. The highest BCUT2D eigenvalue weighted by Crippen LogP contribution is 2.29. The summed E-state index contributed by atoms with van der Waals surface area (Å²) in [5.41, 5.74) is 6.84. The molecule has 4 heterocycles. The van der Waals surface area contributed by atoms with Gasteiger partial charge in [-0.2, -0.15) is 0 Å². The van der Waals surface area contributed by atoms with Crippen LogP contribution in [0.5, 0.6) is 0 Å². The van der Waals surface area contributed by atoms with Gasteiger partial charge < -0.3 is 9.30 Å². The molecule has 1 fully saturated rings. The summed E-state index contributed by atoms with van der Waals surface area (Å²) in [6.07, 6.45) is 4.16. The van der Waals surface area contributed by atoms with Crippen LogP contribution < -0.4 is 4.90 Å². The minimum atomic E-state index is 0.945. The molecule has 2 aromatic carbocycles. The zero-order chi connectivity index (χ0) is 21.3. The Bertz CT molecular complexity index is 1350. The normalized spacial score (nSPS) is 14.9. The topological polar surface area (TPSA) is 36.7 Å². The zero-order valence-corrected chi connectivity index (χ0v) is 17.9. The molecule has 5 heteroatoms. The van der Waals surface area contributed by atoms with Crippen molar-refractivity contribution in [1.82, 2.24) is 19.3 Å². The van der Waals surface area contributed by atoms with E-state index in [1.807, 2.05) is 12.3 Å². The molecule has 0 amide bonds. The summed E-state index contributed by atoms with van der Waals surface area (Å²) in [6, 6.07) is 27.3. The molecule has 5 nitrogen and oxygen atoms in total. The molecular formula is C27H25N5. The van der Waals surface area contributed by atoms with Crippen LogP contribution in [0.1, 0.15) is 5.56 Å². The van der Waals surface area contributed by atoms with Gasteiger partial charge in [-0.3, -0.25) is 4.90 Å². The Labute approximate surface area is 187 Å². The SMILES string of the molecule is c1ccc(-c2nc3ccccc3n3cc(CN4CCN(c5ccccn5)CC4)cc23)cc1. The predicted octanol–water partition coefficient (Wildman–Crippen LogP) is 4.87. The van der Waals surface area contributed by atoms with Crippen LogP contribution in [0.2, 0.25) is 0 Å². The van der Waals surface area contributed by atoms with E-state index in [2.05, 4.69) is 98.2 Å². The molecule has 1 aliphatic rings. The Hall–Kier alpha value is -3.70. The number of benzene rings is 2. The molecule has 0 unspecified atom stereocenters. The third-order valence-electron chi connectivity index (χ3n) is 6.29. The summed E-state index contributed by atoms with van der Waals surface area (Å²) in [5, 5.41) is 0. The first-order chi connectivity index (χ1) is 15.8. The second kappa shape index (κ2) is 8.09. The molecule has 0 bridgehead atoms. The van der Waals surface area contributed by atoms with Crippen LogP contribution in [-0.4, -0.2) is 45.4 Å². The van der Waals surface area contributed by atoms with Gasteiger partial charge in [0.25, 0.3) is 0 Å². The molecule has 0 spiro atoms. The quantitative estimate of drug-likeness (QED) is 0.416. The predicted molar refractivity (Wildman–Crippen MR) is 130 cm³/mol. The third-order valence-corrected chi connectivity index (χ3v) is 6.29. The highest BCUT2D eigenvalue weighted by molar-refractivity contribution is 5.88. The van der Waals surface area contributed by atoms with E-state index in [1.54, 1.807) is 0 Å². The molecule has 5 aromatic rings. The minimum Gasteiger partial charge on any atom is -0.354 e. The number of piperazine rings is 1. The van der Waals surface area contributed by atoms with Gasteiger partial charge in [-0.15, -0.1) is 0 Å². The van der Waals surface area contributed by atoms with Crippen LogP contribution in [0.3, 0.4) is 0 Å². The van der Waals surface area contributed by atoms with Crippen LogP contribution in [0.4, 0.5) is 5.82 Å². The lowest BCUT2D eigenvalue weighted by molar-refractivity contribution is 0.249. The smallest absolute Gasteiger partial charge is 0.128 e. The lowest BCUT2D eigenvalue weighted by Gasteiger charge is -2.35. The van der Waals surface area contributed by atoms with E-state index >= 15 is 0 Å². The van der Waals surface area contributed by atoms with Gasteiger partial charge in [-0.1, -0.05) is 48.5 Å². The van der Waals surface area contributed by atoms with E-state index in [9.17, 15) is 0 Å². The second-order valence-electron chi connectivity index (χ2n) is 8.37. The lowest BCUT2D eigenvalue weighted by atomic mass is 10.1. The number of fused-ring (bicyclic) bond motifs is 3. The maximum atomic E-state index is 5.03. The highest BCUT2D eigenvalue weighted by Gasteiger charge is 2.19. The van der Waals surface area contributed by atoms with E-state index < -0.39 is 0 Å². The number of para-hydroxylation sites is 2. The van der Waals surface area contributed by atoms with Crippen LogP contribution in [0, 0.1) is 0 Å². The Kier molecular flexibility index (Phi) is 4.81. The van der Waals surface area contributed by atoms with Crippen molar-refractivity contribution in [2.75, 3.05) is 31.1 Å². The summed E-state index contributed by atoms with van der Waals surface area (Å²) in [6.45, 7) is 5.02. The molecule has 0 saturated carbocycles. The summed E-state index contributed by atoms with van der Waals surface area (Å²) < 4.78 is 2.31. The van der Waals surface area contributed by atoms with E-state index in [1.165, 1.54) is 5.56 Å². The van der Waals surface area contributed by atoms with E-state index in [0.717, 1.165) is 66.3 Å². The zero-order valence-electron chi connectivity index (χ0n) is 17.9. The number of rotatable bonds is 4. The molecule has 0 radical (unpaired) electrons. The van der Waals surface area contributed by atoms with Crippen molar-refractivity contribution in [3.63, 3.8) is 0 Å². The first-order valence-electron chi connectivity index (χ1n) is 11.2. The van der Waals surface area contributed by atoms with Gasteiger partial charge in [0, 0.05) is 50.7 Å². The fraction of sp³-hybridized carbons (Fsp3) is 0.185. The summed E-state index contributed by atoms with van der Waals surface area (Å²) in [7, 11) is 0. The molecule has 158 valence electrons. The minimum absolute atomic E-state index is 0.945. The maximum Gasteiger partial charge on any atom is 0.128 e. The molecular weight excluding hydrogens is 394 g/mol. The Morgan fingerprint density at radius 2 is 1.53 bits per heavy atom. The van der Waals surface area contributed by atoms with Gasteiger partial charge in [0.2, 0.25) is 0 Å². The third kappa shape index (κ3) is 3.51. The molecule has 32 heavy (non-hydrogen) atoms. The monoisotopic (exact) mass is 419 g/mol. The van der Waals surface area contributed by atoms with Gasteiger partial charge in [-0.25, -0.2) is 9.97 Å². The van der Waals surface area contributed by atoms with Gasteiger partial charge in [0.1, 0.15) is 5.82 Å². The maximum absolute atomic E-state index is 5.03. The molecule has 0 atom stereocenters. The molecule has 6 rings (SSSR count). The Balaban J connectivity index is 1.31. The van der Waals surface area contributed by atoms with Crippen molar-refractivity contribution < 1.29 is 0 Å². The first kappa shape index (κ1) is 19.0. The number of hydrogen-bond acceptors (Lipinski definition) is 4. The average molecular weight is 420 g/mol. The van der Waals surface area contributed by atoms with Gasteiger partial charge in [0.05, 0.1) is 22.2 Å². The largest absolute Gasteiger partial charge is 0.354 e. The number of nitrogens with zero attached hydrogens (tertiary/aromatic N) is 5. The van der Waals surface area contributed by atoms with Crippen molar-refractivity contribution in [3.05, 3.63) is 96.8 Å². The van der Waals surface area contributed by atoms with Crippen molar-refractivity contribution in [2.24, 2.45) is 0 Å². The summed E-state index contributed by atoms with van der Waals surface area (Å²) in [4.78, 5) is 14.4. The lowest BCUT2D eigenvalue weighted by Crippen LogP contribution is -2.46. The van der Waals surface area contributed by atoms with Crippen LogP contribution in [0.15, 0.2) is 91.3 Å². The van der Waals surface area contributed by atoms with Crippen molar-refractivity contribution in [1.29, 1.82) is 0 Å². The number of anilines is 1. The van der Waals surface area contributed by atoms with Crippen molar-refractivity contribution >= 4 is 22.4 Å². The van der Waals surface area contributed by atoms with Crippen molar-refractivity contribution in [3.8, 4) is 11.3 Å². The Morgan fingerprint density at radius 1 is 0.750 bits per heavy atom. The molecule has 0 aliphatic carbocycles. The summed E-state index contributed by atoms with van der Waals surface area (Å²) in [5.74, 6) is 1.08. The van der Waals surface area contributed by atoms with Crippen molar-refractivity contribution in [2.45, 2.75) is 6.54 Å². The molecule has 1 aliphatic heterocycles. The molecule has 3 aromatic heterocycles. The number of pyridine rings is 1. The second-order valence-corrected chi connectivity index (χ2v) is 8.37. The average Bonchev–Trinajstić information content (AvgIpc) is 3.29. The van der Waals surface area contributed by atoms with E-state index in [0.29, 0.717) is 0 Å². The van der Waals surface area contributed by atoms with Gasteiger partial charge >= 0.3 is 0 Å². The van der Waals surface area contributed by atoms with Gasteiger partial charge in [-0.05, 0) is 35.9 Å². The van der Waals surface area contributed by atoms with Crippen LogP contribution >= 0.6 is 0 Å².